The Morgan fingerprint density at radius 3 is 2.85 bits per heavy atom. The first-order chi connectivity index (χ1) is 12.5. The van der Waals surface area contributed by atoms with Gasteiger partial charge in [0.2, 0.25) is 11.7 Å². The number of likely N-dealkylation sites (N-methyl/N-ethyl adjacent to an activating group) is 1. The monoisotopic (exact) mass is 359 g/mol. The fourth-order valence-corrected chi connectivity index (χ4v) is 2.84. The zero-order valence-electron chi connectivity index (χ0n) is 14.8. The van der Waals surface area contributed by atoms with E-state index >= 15 is 0 Å². The molecule has 9 heteroatoms. The van der Waals surface area contributed by atoms with Gasteiger partial charge in [-0.25, -0.2) is 9.48 Å². The Balaban J connectivity index is 1.67. The molecule has 0 fully saturated rings. The van der Waals surface area contributed by atoms with E-state index in [1.165, 1.54) is 4.57 Å². The van der Waals surface area contributed by atoms with E-state index in [1.54, 1.807) is 12.0 Å². The number of methoxy groups -OCH3 is 1. The molecule has 1 N–H and O–H groups in total. The van der Waals surface area contributed by atoms with Crippen LogP contribution in [0.5, 0.6) is 5.75 Å². The number of ether oxygens (including phenoxy) is 1. The van der Waals surface area contributed by atoms with Crippen molar-refractivity contribution in [1.29, 1.82) is 0 Å². The van der Waals surface area contributed by atoms with Crippen LogP contribution in [0.4, 0.5) is 0 Å². The van der Waals surface area contributed by atoms with Crippen molar-refractivity contribution in [2.24, 2.45) is 0 Å². The van der Waals surface area contributed by atoms with Crippen LogP contribution < -0.4 is 15.7 Å². The summed E-state index contributed by atoms with van der Waals surface area (Å²) in [5.74, 6) is 0.147. The molecule has 0 bridgehead atoms. The molecule has 0 saturated carbocycles. The number of amides is 2. The topological polar surface area (TPSA) is 98.5 Å². The second-order valence-corrected chi connectivity index (χ2v) is 5.93. The Morgan fingerprint density at radius 1 is 1.31 bits per heavy atom. The molecule has 26 heavy (non-hydrogen) atoms. The molecule has 2 aromatic rings. The van der Waals surface area contributed by atoms with E-state index in [1.807, 2.05) is 31.2 Å². The van der Waals surface area contributed by atoms with Crippen LogP contribution in [0, 0.1) is 0 Å². The zero-order chi connectivity index (χ0) is 18.7. The van der Waals surface area contributed by atoms with Crippen LogP contribution in [0.15, 0.2) is 29.1 Å². The Kier molecular flexibility index (Phi) is 5.06. The van der Waals surface area contributed by atoms with Crippen molar-refractivity contribution in [3.8, 4) is 5.75 Å². The van der Waals surface area contributed by atoms with E-state index in [-0.39, 0.29) is 24.2 Å². The van der Waals surface area contributed by atoms with Gasteiger partial charge in [0.05, 0.1) is 7.11 Å². The van der Waals surface area contributed by atoms with E-state index in [4.69, 9.17) is 4.74 Å². The van der Waals surface area contributed by atoms with Crippen molar-refractivity contribution in [2.75, 3.05) is 20.2 Å². The van der Waals surface area contributed by atoms with Crippen molar-refractivity contribution < 1.29 is 14.3 Å². The smallest absolute Gasteiger partial charge is 0.346 e. The minimum atomic E-state index is -0.444. The lowest BCUT2D eigenvalue weighted by Crippen LogP contribution is -2.42. The Labute approximate surface area is 150 Å². The van der Waals surface area contributed by atoms with Crippen molar-refractivity contribution >= 4 is 11.8 Å². The van der Waals surface area contributed by atoms with Crippen LogP contribution >= 0.6 is 0 Å². The van der Waals surface area contributed by atoms with Crippen LogP contribution in [0.2, 0.25) is 0 Å². The molecule has 2 heterocycles. The van der Waals surface area contributed by atoms with Crippen LogP contribution in [-0.4, -0.2) is 51.3 Å². The predicted octanol–water partition coefficient (Wildman–Crippen LogP) is -0.154. The lowest BCUT2D eigenvalue weighted by Gasteiger charge is -2.24. The number of hydrogen-bond acceptors (Lipinski definition) is 5. The highest BCUT2D eigenvalue weighted by molar-refractivity contribution is 5.91. The summed E-state index contributed by atoms with van der Waals surface area (Å²) < 4.78 is 7.50. The maximum absolute atomic E-state index is 12.3. The van der Waals surface area contributed by atoms with Gasteiger partial charge >= 0.3 is 5.69 Å². The maximum atomic E-state index is 12.3. The van der Waals surface area contributed by atoms with Crippen LogP contribution in [0.1, 0.15) is 23.1 Å². The minimum Gasteiger partial charge on any atom is -0.497 e. The second-order valence-electron chi connectivity index (χ2n) is 5.93. The third-order valence-corrected chi connectivity index (χ3v) is 4.29. The molecule has 138 valence electrons. The number of nitrogens with one attached hydrogen (secondary N) is 1. The first-order valence-electron chi connectivity index (χ1n) is 8.40. The number of carbonyl (C=O) groups is 2. The average molecular weight is 359 g/mol. The zero-order valence-corrected chi connectivity index (χ0v) is 14.8. The van der Waals surface area contributed by atoms with Gasteiger partial charge in [0.25, 0.3) is 5.91 Å². The number of rotatable bonds is 6. The largest absolute Gasteiger partial charge is 0.497 e. The highest BCUT2D eigenvalue weighted by Crippen LogP contribution is 2.12. The van der Waals surface area contributed by atoms with E-state index in [0.29, 0.717) is 31.9 Å². The fourth-order valence-electron chi connectivity index (χ4n) is 2.84. The summed E-state index contributed by atoms with van der Waals surface area (Å²) in [5, 5.41) is 6.79. The first kappa shape index (κ1) is 17.7. The summed E-state index contributed by atoms with van der Waals surface area (Å²) in [6.45, 7) is 3.35. The van der Waals surface area contributed by atoms with Crippen LogP contribution in [0.3, 0.4) is 0 Å². The molecule has 0 atom stereocenters. The molecule has 0 radical (unpaired) electrons. The number of fused-ring (bicyclic) bond motifs is 1. The van der Waals surface area contributed by atoms with Crippen molar-refractivity contribution in [2.45, 2.75) is 26.6 Å². The summed E-state index contributed by atoms with van der Waals surface area (Å²) in [4.78, 5) is 38.4. The molecule has 0 unspecified atom stereocenters. The van der Waals surface area contributed by atoms with Crippen molar-refractivity contribution in [3.05, 3.63) is 46.1 Å². The van der Waals surface area contributed by atoms with Gasteiger partial charge in [-0.15, -0.1) is 5.10 Å². The summed E-state index contributed by atoms with van der Waals surface area (Å²) in [6.07, 6.45) is 0. The second kappa shape index (κ2) is 7.42. The van der Waals surface area contributed by atoms with Gasteiger partial charge in [-0.3, -0.25) is 14.2 Å². The molecule has 0 saturated heterocycles. The molecule has 3 rings (SSSR count). The number of aromatic nitrogens is 3. The summed E-state index contributed by atoms with van der Waals surface area (Å²) in [7, 11) is 1.57. The third kappa shape index (κ3) is 3.46. The predicted molar refractivity (Wildman–Crippen MR) is 92.9 cm³/mol. The highest BCUT2D eigenvalue weighted by Gasteiger charge is 2.28. The van der Waals surface area contributed by atoms with Crippen molar-refractivity contribution in [3.63, 3.8) is 0 Å². The van der Waals surface area contributed by atoms with Gasteiger partial charge in [-0.2, -0.15) is 0 Å². The van der Waals surface area contributed by atoms with Gasteiger partial charge in [-0.05, 0) is 24.6 Å². The Hall–Kier alpha value is -3.10. The normalized spacial score (nSPS) is 13.5. The minimum absolute atomic E-state index is 0.0868. The molecular weight excluding hydrogens is 338 g/mol. The molecular formula is C17H21N5O4. The fraction of sp³-hybridized carbons (Fsp3) is 0.412. The van der Waals surface area contributed by atoms with E-state index in [9.17, 15) is 14.4 Å². The maximum Gasteiger partial charge on any atom is 0.346 e. The first-order valence-corrected chi connectivity index (χ1v) is 8.40. The highest BCUT2D eigenvalue weighted by atomic mass is 16.5. The number of carbonyl (C=O) groups excluding carboxylic acids is 2. The van der Waals surface area contributed by atoms with Crippen LogP contribution in [-0.2, 0) is 24.4 Å². The summed E-state index contributed by atoms with van der Waals surface area (Å²) >= 11 is 0. The third-order valence-electron chi connectivity index (χ3n) is 4.29. The lowest BCUT2D eigenvalue weighted by atomic mass is 10.2. The SMILES string of the molecule is CCN1CCn2c(nn(CC(=O)NCc3cccc(OC)c3)c2=O)C1=O. The van der Waals surface area contributed by atoms with E-state index < -0.39 is 5.69 Å². The number of hydrogen-bond donors (Lipinski definition) is 1. The van der Waals surface area contributed by atoms with E-state index in [0.717, 1.165) is 10.2 Å². The van der Waals surface area contributed by atoms with Gasteiger partial charge < -0.3 is 15.0 Å². The molecule has 1 aromatic carbocycles. The number of benzene rings is 1. The molecule has 1 aliphatic heterocycles. The molecule has 1 aromatic heterocycles. The molecule has 2 amide bonds. The molecule has 9 nitrogen and oxygen atoms in total. The van der Waals surface area contributed by atoms with Crippen molar-refractivity contribution in [1.82, 2.24) is 24.6 Å². The summed E-state index contributed by atoms with van der Waals surface area (Å²) in [5.41, 5.74) is 0.434. The van der Waals surface area contributed by atoms with E-state index in [2.05, 4.69) is 10.4 Å². The Bertz CT molecular complexity index is 886. The van der Waals surface area contributed by atoms with Crippen LogP contribution in [0.25, 0.3) is 0 Å². The van der Waals surface area contributed by atoms with Gasteiger partial charge in [0, 0.05) is 26.2 Å². The number of nitrogens with zero attached hydrogens (tertiary/aromatic N) is 4. The molecule has 1 aliphatic rings. The van der Waals surface area contributed by atoms with Gasteiger partial charge in [0.1, 0.15) is 12.3 Å². The molecule has 0 aliphatic carbocycles. The van der Waals surface area contributed by atoms with Gasteiger partial charge in [0.15, 0.2) is 0 Å². The van der Waals surface area contributed by atoms with Gasteiger partial charge in [-0.1, -0.05) is 12.1 Å². The quantitative estimate of drug-likeness (QED) is 0.773. The molecule has 0 spiro atoms. The lowest BCUT2D eigenvalue weighted by molar-refractivity contribution is -0.122. The Morgan fingerprint density at radius 2 is 2.12 bits per heavy atom. The summed E-state index contributed by atoms with van der Waals surface area (Å²) in [6, 6.07) is 7.33. The average Bonchev–Trinajstić information content (AvgIpc) is 2.97. The standard InChI is InChI=1S/C17H21N5O4/c1-3-20-7-8-21-15(16(20)24)19-22(17(21)25)11-14(23)18-10-12-5-4-6-13(9-12)26-2/h4-6,9H,3,7-8,10-11H2,1-2H3,(H,18,23).